The van der Waals surface area contributed by atoms with E-state index >= 15 is 0 Å². The Labute approximate surface area is 157 Å². The van der Waals surface area contributed by atoms with Gasteiger partial charge in [-0.2, -0.15) is 0 Å². The topological polar surface area (TPSA) is 86.9 Å². The highest BCUT2D eigenvalue weighted by molar-refractivity contribution is 6.07. The Morgan fingerprint density at radius 3 is 2.74 bits per heavy atom. The molecule has 0 saturated heterocycles. The molecule has 0 bridgehead atoms. The van der Waals surface area contributed by atoms with Crippen LogP contribution in [0.5, 0.6) is 0 Å². The number of rotatable bonds is 4. The summed E-state index contributed by atoms with van der Waals surface area (Å²) in [6, 6.07) is 13.4. The van der Waals surface area contributed by atoms with Crippen LogP contribution in [-0.4, -0.2) is 21.7 Å². The molecule has 2 heterocycles. The van der Waals surface area contributed by atoms with Crippen LogP contribution in [0.1, 0.15) is 35.8 Å². The minimum absolute atomic E-state index is 0.147. The lowest BCUT2D eigenvalue weighted by Crippen LogP contribution is -2.10. The number of aryl methyl sites for hydroxylation is 1. The van der Waals surface area contributed by atoms with Crippen LogP contribution >= 0.6 is 0 Å². The minimum Gasteiger partial charge on any atom is -0.356 e. The first-order chi connectivity index (χ1) is 13.1. The number of Topliss-reactive ketones (excluding diaryl/α,β-unsaturated/α-hetero) is 1. The maximum atomic E-state index is 12.6. The lowest BCUT2D eigenvalue weighted by Gasteiger charge is -2.13. The van der Waals surface area contributed by atoms with Gasteiger partial charge < -0.3 is 15.6 Å². The quantitative estimate of drug-likeness (QED) is 0.647. The number of H-pyrrole nitrogens is 1. The Morgan fingerprint density at radius 2 is 1.96 bits per heavy atom. The average molecular weight is 360 g/mol. The van der Waals surface area contributed by atoms with Crippen molar-refractivity contribution in [2.24, 2.45) is 0 Å². The number of nitrogens with zero attached hydrogens (tertiary/aromatic N) is 1. The molecule has 0 atom stereocenters. The third-order valence-corrected chi connectivity index (χ3v) is 4.58. The number of anilines is 3. The lowest BCUT2D eigenvalue weighted by atomic mass is 9.95. The zero-order valence-electron chi connectivity index (χ0n) is 15.0. The van der Waals surface area contributed by atoms with Gasteiger partial charge in [-0.05, 0) is 37.1 Å². The highest BCUT2D eigenvalue weighted by Gasteiger charge is 2.27. The molecule has 0 fully saturated rings. The fourth-order valence-corrected chi connectivity index (χ4v) is 3.44. The SMILES string of the molecule is CC(=O)Nc1cc(-c2[nH]c3c(c2Nc2ccccc2)C(=O)CCC3)ccn1. The van der Waals surface area contributed by atoms with E-state index in [-0.39, 0.29) is 11.7 Å². The van der Waals surface area contributed by atoms with Crippen molar-refractivity contribution in [3.8, 4) is 11.3 Å². The molecule has 1 aliphatic carbocycles. The van der Waals surface area contributed by atoms with E-state index in [9.17, 15) is 9.59 Å². The van der Waals surface area contributed by atoms with Crippen molar-refractivity contribution in [3.63, 3.8) is 0 Å². The first kappa shape index (κ1) is 17.0. The first-order valence-corrected chi connectivity index (χ1v) is 8.96. The Hall–Kier alpha value is -3.41. The molecule has 3 N–H and O–H groups in total. The maximum Gasteiger partial charge on any atom is 0.222 e. The van der Waals surface area contributed by atoms with E-state index in [0.717, 1.165) is 46.7 Å². The van der Waals surface area contributed by atoms with E-state index in [1.807, 2.05) is 36.4 Å². The summed E-state index contributed by atoms with van der Waals surface area (Å²) in [6.07, 6.45) is 3.90. The van der Waals surface area contributed by atoms with Crippen molar-refractivity contribution >= 4 is 28.9 Å². The van der Waals surface area contributed by atoms with Gasteiger partial charge in [0.25, 0.3) is 0 Å². The van der Waals surface area contributed by atoms with Crippen molar-refractivity contribution in [1.29, 1.82) is 0 Å². The van der Waals surface area contributed by atoms with E-state index in [0.29, 0.717) is 12.2 Å². The normalized spacial score (nSPS) is 13.1. The molecule has 136 valence electrons. The summed E-state index contributed by atoms with van der Waals surface area (Å²) in [5.74, 6) is 0.445. The summed E-state index contributed by atoms with van der Waals surface area (Å²) in [7, 11) is 0. The predicted octanol–water partition coefficient (Wildman–Crippen LogP) is 4.30. The summed E-state index contributed by atoms with van der Waals surface area (Å²) in [5.41, 5.74) is 5.06. The van der Waals surface area contributed by atoms with Gasteiger partial charge in [-0.25, -0.2) is 4.98 Å². The van der Waals surface area contributed by atoms with Gasteiger partial charge in [0.2, 0.25) is 5.91 Å². The van der Waals surface area contributed by atoms with Gasteiger partial charge in [-0.3, -0.25) is 9.59 Å². The summed E-state index contributed by atoms with van der Waals surface area (Å²) >= 11 is 0. The minimum atomic E-state index is -0.178. The molecule has 3 aromatic rings. The van der Waals surface area contributed by atoms with Crippen molar-refractivity contribution < 1.29 is 9.59 Å². The average Bonchev–Trinajstić information content (AvgIpc) is 3.02. The number of carbonyl (C=O) groups is 2. The van der Waals surface area contributed by atoms with Crippen LogP contribution in [0.15, 0.2) is 48.7 Å². The number of pyridine rings is 1. The van der Waals surface area contributed by atoms with Crippen molar-refractivity contribution in [2.75, 3.05) is 10.6 Å². The molecule has 2 aromatic heterocycles. The molecular formula is C21H20N4O2. The third kappa shape index (κ3) is 3.46. The number of benzene rings is 1. The molecule has 0 radical (unpaired) electrons. The molecule has 0 saturated carbocycles. The number of aromatic amines is 1. The first-order valence-electron chi connectivity index (χ1n) is 8.96. The molecule has 27 heavy (non-hydrogen) atoms. The fraction of sp³-hybridized carbons (Fsp3) is 0.190. The van der Waals surface area contributed by atoms with Gasteiger partial charge in [-0.15, -0.1) is 0 Å². The number of amides is 1. The Bertz CT molecular complexity index is 1010. The summed E-state index contributed by atoms with van der Waals surface area (Å²) in [6.45, 7) is 1.45. The third-order valence-electron chi connectivity index (χ3n) is 4.58. The highest BCUT2D eigenvalue weighted by atomic mass is 16.1. The standard InChI is InChI=1S/C21H20N4O2/c1-13(26)23-18-12-14(10-11-22-18)20-21(24-15-6-3-2-4-7-15)19-16(25-20)8-5-9-17(19)27/h2-4,6-7,10-12,24-25H,5,8-9H2,1H3,(H,22,23,26). The molecule has 0 unspecified atom stereocenters. The molecule has 1 aliphatic rings. The molecule has 1 amide bonds. The van der Waals surface area contributed by atoms with Crippen LogP contribution in [0.2, 0.25) is 0 Å². The second kappa shape index (κ2) is 7.07. The number of carbonyl (C=O) groups excluding carboxylic acids is 2. The van der Waals surface area contributed by atoms with Gasteiger partial charge in [0.05, 0.1) is 16.9 Å². The number of fused-ring (bicyclic) bond motifs is 1. The number of hydrogen-bond donors (Lipinski definition) is 3. The number of nitrogens with one attached hydrogen (secondary N) is 3. The number of hydrogen-bond acceptors (Lipinski definition) is 4. The monoisotopic (exact) mass is 360 g/mol. The Kier molecular flexibility index (Phi) is 4.46. The van der Waals surface area contributed by atoms with Crippen LogP contribution in [0.4, 0.5) is 17.2 Å². The van der Waals surface area contributed by atoms with Gasteiger partial charge >= 0.3 is 0 Å². The lowest BCUT2D eigenvalue weighted by molar-refractivity contribution is -0.114. The van der Waals surface area contributed by atoms with Crippen molar-refractivity contribution in [1.82, 2.24) is 9.97 Å². The van der Waals surface area contributed by atoms with Gasteiger partial charge in [-0.1, -0.05) is 18.2 Å². The van der Waals surface area contributed by atoms with Crippen LogP contribution in [0.3, 0.4) is 0 Å². The fourth-order valence-electron chi connectivity index (χ4n) is 3.44. The van der Waals surface area contributed by atoms with Gasteiger partial charge in [0.15, 0.2) is 5.78 Å². The Morgan fingerprint density at radius 1 is 1.15 bits per heavy atom. The van der Waals surface area contributed by atoms with Gasteiger partial charge in [0, 0.05) is 36.5 Å². The highest BCUT2D eigenvalue weighted by Crippen LogP contribution is 2.39. The Balaban J connectivity index is 1.83. The van der Waals surface area contributed by atoms with Gasteiger partial charge in [0.1, 0.15) is 5.82 Å². The second-order valence-electron chi connectivity index (χ2n) is 6.61. The van der Waals surface area contributed by atoms with Crippen LogP contribution < -0.4 is 10.6 Å². The molecule has 0 spiro atoms. The van der Waals surface area contributed by atoms with E-state index in [4.69, 9.17) is 0 Å². The van der Waals surface area contributed by atoms with Crippen molar-refractivity contribution in [2.45, 2.75) is 26.2 Å². The molecule has 6 heteroatoms. The molecular weight excluding hydrogens is 340 g/mol. The number of ketones is 1. The van der Waals surface area contributed by atoms with E-state index in [1.54, 1.807) is 12.3 Å². The molecule has 1 aromatic carbocycles. The zero-order chi connectivity index (χ0) is 18.8. The van der Waals surface area contributed by atoms with Crippen LogP contribution in [-0.2, 0) is 11.2 Å². The molecule has 4 rings (SSSR count). The predicted molar refractivity (Wildman–Crippen MR) is 105 cm³/mol. The van der Waals surface area contributed by atoms with Crippen LogP contribution in [0.25, 0.3) is 11.3 Å². The number of para-hydroxylation sites is 1. The zero-order valence-corrected chi connectivity index (χ0v) is 15.0. The summed E-state index contributed by atoms with van der Waals surface area (Å²) < 4.78 is 0. The largest absolute Gasteiger partial charge is 0.356 e. The van der Waals surface area contributed by atoms with E-state index in [1.165, 1.54) is 6.92 Å². The van der Waals surface area contributed by atoms with E-state index < -0.39 is 0 Å². The summed E-state index contributed by atoms with van der Waals surface area (Å²) in [5, 5.41) is 6.11. The van der Waals surface area contributed by atoms with Crippen LogP contribution in [0, 0.1) is 0 Å². The maximum absolute atomic E-state index is 12.6. The number of aromatic nitrogens is 2. The smallest absolute Gasteiger partial charge is 0.222 e. The molecule has 0 aliphatic heterocycles. The second-order valence-corrected chi connectivity index (χ2v) is 6.61. The summed E-state index contributed by atoms with van der Waals surface area (Å²) in [4.78, 5) is 31.6. The molecule has 6 nitrogen and oxygen atoms in total. The van der Waals surface area contributed by atoms with Crippen molar-refractivity contribution in [3.05, 3.63) is 59.9 Å². The van der Waals surface area contributed by atoms with E-state index in [2.05, 4.69) is 20.6 Å².